The minimum Gasteiger partial charge on any atom is -0.469 e. The summed E-state index contributed by atoms with van der Waals surface area (Å²) < 4.78 is 5.08. The highest BCUT2D eigenvalue weighted by Gasteiger charge is 2.36. The summed E-state index contributed by atoms with van der Waals surface area (Å²) in [7, 11) is 1.49. The maximum Gasteiger partial charge on any atom is 0.309 e. The molecule has 1 aliphatic carbocycles. The number of aliphatic hydroxyl groups is 1. The quantitative estimate of drug-likeness (QED) is 0.123. The number of carbonyl (C=O) groups excluding carboxylic acids is 1. The molecule has 6 heteroatoms. The van der Waals surface area contributed by atoms with Gasteiger partial charge in [0, 0.05) is 22.1 Å². The van der Waals surface area contributed by atoms with Gasteiger partial charge in [-0.05, 0) is 90.8 Å². The number of aromatic nitrogens is 1. The van der Waals surface area contributed by atoms with Crippen molar-refractivity contribution >= 4 is 52.4 Å². The molecule has 1 heterocycles. The van der Waals surface area contributed by atoms with Crippen molar-refractivity contribution in [1.82, 2.24) is 4.98 Å². The summed E-state index contributed by atoms with van der Waals surface area (Å²) in [6.45, 7) is 1.84. The van der Waals surface area contributed by atoms with E-state index in [2.05, 4.69) is 54.6 Å². The summed E-state index contributed by atoms with van der Waals surface area (Å²) in [5.41, 5.74) is 6.52. The van der Waals surface area contributed by atoms with Crippen LogP contribution in [-0.4, -0.2) is 40.8 Å². The number of ether oxygens (including phenoxy) is 1. The van der Waals surface area contributed by atoms with Gasteiger partial charge in [-0.3, -0.25) is 4.79 Å². The zero-order valence-corrected chi connectivity index (χ0v) is 25.8. The molecule has 42 heavy (non-hydrogen) atoms. The molecule has 3 atom stereocenters. The van der Waals surface area contributed by atoms with Crippen LogP contribution in [0.2, 0.25) is 5.02 Å². The molecule has 0 spiro atoms. The van der Waals surface area contributed by atoms with Crippen molar-refractivity contribution in [1.29, 1.82) is 0 Å². The fraction of sp³-hybridized carbons (Fsp3) is 0.333. The Morgan fingerprint density at radius 3 is 2.67 bits per heavy atom. The average Bonchev–Trinajstić information content (AvgIpc) is 3.83. The lowest BCUT2D eigenvalue weighted by Crippen LogP contribution is -2.21. The second-order valence-corrected chi connectivity index (χ2v) is 12.8. The molecule has 4 nitrogen and oxygen atoms in total. The topological polar surface area (TPSA) is 59.4 Å². The normalized spacial score (nSPS) is 15.5. The molecule has 218 valence electrons. The second kappa shape index (κ2) is 14.4. The molecule has 1 aromatic heterocycles. The zero-order chi connectivity index (χ0) is 29.5. The minimum absolute atomic E-state index is 0.00539. The van der Waals surface area contributed by atoms with Gasteiger partial charge >= 0.3 is 5.97 Å². The van der Waals surface area contributed by atoms with Crippen molar-refractivity contribution in [2.24, 2.45) is 11.8 Å². The van der Waals surface area contributed by atoms with E-state index in [0.29, 0.717) is 17.4 Å². The first kappa shape index (κ1) is 30.3. The average molecular weight is 600 g/mol. The molecule has 1 aliphatic rings. The number of nitrogens with zero attached hydrogens (tertiary/aromatic N) is 1. The lowest BCUT2D eigenvalue weighted by Gasteiger charge is -2.23. The van der Waals surface area contributed by atoms with Crippen LogP contribution in [0.1, 0.15) is 60.1 Å². The Bertz CT molecular complexity index is 1550. The zero-order valence-electron chi connectivity index (χ0n) is 24.2. The molecule has 0 bridgehead atoms. The van der Waals surface area contributed by atoms with Crippen molar-refractivity contribution < 1.29 is 14.6 Å². The van der Waals surface area contributed by atoms with E-state index in [-0.39, 0.29) is 17.8 Å². The Labute approximate surface area is 258 Å². The number of benzene rings is 3. The predicted molar refractivity (Wildman–Crippen MR) is 176 cm³/mol. The highest BCUT2D eigenvalue weighted by molar-refractivity contribution is 7.99. The minimum atomic E-state index is -0.417. The van der Waals surface area contributed by atoms with E-state index in [1.165, 1.54) is 23.8 Å². The predicted octanol–water partition coefficient (Wildman–Crippen LogP) is 8.44. The van der Waals surface area contributed by atoms with Crippen molar-refractivity contribution in [3.63, 3.8) is 0 Å². The van der Waals surface area contributed by atoms with Crippen LogP contribution in [0, 0.1) is 11.8 Å². The Morgan fingerprint density at radius 2 is 1.88 bits per heavy atom. The maximum atomic E-state index is 12.3. The summed E-state index contributed by atoms with van der Waals surface area (Å²) in [4.78, 5) is 17.1. The number of halogens is 1. The van der Waals surface area contributed by atoms with Crippen LogP contribution in [0.15, 0.2) is 78.9 Å². The van der Waals surface area contributed by atoms with E-state index in [1.54, 1.807) is 0 Å². The third-order valence-corrected chi connectivity index (χ3v) is 9.28. The van der Waals surface area contributed by atoms with Gasteiger partial charge < -0.3 is 9.84 Å². The number of carbonyl (C=O) groups is 1. The summed E-state index contributed by atoms with van der Waals surface area (Å²) in [6.07, 6.45) is 7.52. The van der Waals surface area contributed by atoms with Gasteiger partial charge in [0.2, 0.25) is 0 Å². The first-order chi connectivity index (χ1) is 20.4. The van der Waals surface area contributed by atoms with E-state index in [0.717, 1.165) is 52.9 Å². The molecule has 1 fully saturated rings. The monoisotopic (exact) mass is 599 g/mol. The SMILES string of the molecule is COC(=O)C(CSCC[C@H](c1cccc(C=Cc2ccc3ccc(Cl)cc3n2)c1)c1ccccc1CC(C)O)C1CC1. The van der Waals surface area contributed by atoms with E-state index in [1.807, 2.05) is 55.1 Å². The smallest absolute Gasteiger partial charge is 0.309 e. The van der Waals surface area contributed by atoms with E-state index in [4.69, 9.17) is 21.3 Å². The Kier molecular flexibility index (Phi) is 10.4. The number of pyridine rings is 1. The molecule has 1 N–H and O–H groups in total. The molecule has 0 saturated heterocycles. The number of aliphatic hydroxyl groups excluding tert-OH is 1. The number of hydrogen-bond acceptors (Lipinski definition) is 5. The molecule has 5 rings (SSSR count). The van der Waals surface area contributed by atoms with E-state index < -0.39 is 6.10 Å². The summed E-state index contributed by atoms with van der Waals surface area (Å²) in [5.74, 6) is 2.29. The fourth-order valence-electron chi connectivity index (χ4n) is 5.60. The van der Waals surface area contributed by atoms with Gasteiger partial charge in [-0.1, -0.05) is 78.3 Å². The van der Waals surface area contributed by atoms with E-state index in [9.17, 15) is 9.90 Å². The van der Waals surface area contributed by atoms with E-state index >= 15 is 0 Å². The van der Waals surface area contributed by atoms with Gasteiger partial charge in [-0.2, -0.15) is 11.8 Å². The number of thioether (sulfide) groups is 1. The lowest BCUT2D eigenvalue weighted by molar-refractivity contribution is -0.145. The molecule has 4 aromatic rings. The summed E-state index contributed by atoms with van der Waals surface area (Å²) in [5, 5.41) is 12.0. The van der Waals surface area contributed by atoms with Crippen molar-refractivity contribution in [3.05, 3.63) is 112 Å². The standard InChI is InChI=1S/C36H38ClNO3S/c1-24(39)20-28-7-3-4-9-32(28)33(18-19-42-23-34(26-11-12-26)36(40)41-2)29-8-5-6-25(21-29)10-16-31-17-14-27-13-15-30(37)22-35(27)38-31/h3-10,13-17,21-22,24,26,33-34,39H,11-12,18-20,23H2,1-2H3/t24?,33-,34?/m1/s1. The highest BCUT2D eigenvalue weighted by Crippen LogP contribution is 2.40. The summed E-state index contributed by atoms with van der Waals surface area (Å²) in [6, 6.07) is 27.0. The highest BCUT2D eigenvalue weighted by atomic mass is 35.5. The number of methoxy groups -OCH3 is 1. The number of esters is 1. The first-order valence-electron chi connectivity index (χ1n) is 14.7. The molecule has 0 radical (unpaired) electrons. The second-order valence-electron chi connectivity index (χ2n) is 11.2. The molecule has 2 unspecified atom stereocenters. The Morgan fingerprint density at radius 1 is 1.07 bits per heavy atom. The van der Waals surface area contributed by atoms with Gasteiger partial charge in [0.1, 0.15) is 0 Å². The van der Waals surface area contributed by atoms with Gasteiger partial charge in [0.05, 0.1) is 30.3 Å². The number of rotatable bonds is 13. The van der Waals surface area contributed by atoms with Crippen LogP contribution in [0.3, 0.4) is 0 Å². The van der Waals surface area contributed by atoms with Gasteiger partial charge in [0.15, 0.2) is 0 Å². The fourth-order valence-corrected chi connectivity index (χ4v) is 7.00. The summed E-state index contributed by atoms with van der Waals surface area (Å²) >= 11 is 8.03. The van der Waals surface area contributed by atoms with Crippen LogP contribution < -0.4 is 0 Å². The Balaban J connectivity index is 1.37. The first-order valence-corrected chi connectivity index (χ1v) is 16.2. The Hall–Kier alpha value is -3.12. The molecular formula is C36H38ClNO3S. The molecular weight excluding hydrogens is 562 g/mol. The third-order valence-electron chi connectivity index (χ3n) is 7.92. The largest absolute Gasteiger partial charge is 0.469 e. The van der Waals surface area contributed by atoms with Gasteiger partial charge in [-0.15, -0.1) is 0 Å². The van der Waals surface area contributed by atoms with Crippen LogP contribution in [0.5, 0.6) is 0 Å². The molecule has 0 aliphatic heterocycles. The van der Waals surface area contributed by atoms with Crippen LogP contribution in [0.4, 0.5) is 0 Å². The number of fused-ring (bicyclic) bond motifs is 1. The maximum absolute atomic E-state index is 12.3. The molecule has 1 saturated carbocycles. The van der Waals surface area contributed by atoms with Crippen molar-refractivity contribution in [2.45, 2.75) is 44.6 Å². The lowest BCUT2D eigenvalue weighted by atomic mass is 9.84. The van der Waals surface area contributed by atoms with Crippen molar-refractivity contribution in [2.75, 3.05) is 18.6 Å². The van der Waals surface area contributed by atoms with Crippen LogP contribution in [0.25, 0.3) is 23.1 Å². The molecule has 0 amide bonds. The number of hydrogen-bond donors (Lipinski definition) is 1. The van der Waals surface area contributed by atoms with Crippen LogP contribution in [-0.2, 0) is 16.0 Å². The van der Waals surface area contributed by atoms with Crippen molar-refractivity contribution in [3.8, 4) is 0 Å². The van der Waals surface area contributed by atoms with Gasteiger partial charge in [0.25, 0.3) is 0 Å². The van der Waals surface area contributed by atoms with Gasteiger partial charge in [-0.25, -0.2) is 4.98 Å². The van der Waals surface area contributed by atoms with Crippen LogP contribution >= 0.6 is 23.4 Å². The third kappa shape index (κ3) is 8.03. The molecule has 3 aromatic carbocycles.